The van der Waals surface area contributed by atoms with Gasteiger partial charge in [-0.15, -0.1) is 0 Å². The summed E-state index contributed by atoms with van der Waals surface area (Å²) in [6.45, 7) is 0.509. The summed E-state index contributed by atoms with van der Waals surface area (Å²) in [6, 6.07) is 8.28. The van der Waals surface area contributed by atoms with Gasteiger partial charge in [0.15, 0.2) is 11.8 Å². The van der Waals surface area contributed by atoms with Crippen molar-refractivity contribution in [1.82, 2.24) is 15.0 Å². The first-order chi connectivity index (χ1) is 15.0. The number of aryl methyl sites for hydroxylation is 2. The normalized spacial score (nSPS) is 25.0. The molecule has 2 saturated heterocycles. The van der Waals surface area contributed by atoms with Gasteiger partial charge in [-0.3, -0.25) is 0 Å². The summed E-state index contributed by atoms with van der Waals surface area (Å²) < 4.78 is 31.1. The topological polar surface area (TPSA) is 113 Å². The number of imidazole rings is 1. The minimum Gasteiger partial charge on any atom is -0.456 e. The molecular weight excluding hydrogens is 427 g/mol. The number of halogens is 2. The van der Waals surface area contributed by atoms with Crippen molar-refractivity contribution in [1.29, 1.82) is 5.26 Å². The maximum Gasteiger partial charge on any atom is 0.296 e. The van der Waals surface area contributed by atoms with Crippen molar-refractivity contribution in [3.8, 4) is 12.1 Å². The van der Waals surface area contributed by atoms with E-state index >= 15 is 0 Å². The van der Waals surface area contributed by atoms with Gasteiger partial charge in [0.05, 0.1) is 41.1 Å². The van der Waals surface area contributed by atoms with E-state index in [0.717, 1.165) is 0 Å². The number of aliphatic hydroxyl groups excluding tert-OH is 1. The Hall–Kier alpha value is -2.77. The Morgan fingerprint density at radius 3 is 2.87 bits per heavy atom. The lowest BCUT2D eigenvalue weighted by atomic mass is 10.1. The molecule has 160 valence electrons. The second-order valence-corrected chi connectivity index (χ2v) is 7.97. The number of nitriles is 1. The Kier molecular flexibility index (Phi) is 5.24. The van der Waals surface area contributed by atoms with Crippen LogP contribution >= 0.6 is 11.6 Å². The zero-order chi connectivity index (χ0) is 21.5. The molecule has 0 radical (unpaired) electrons. The number of benzene rings is 1. The molecule has 2 N–H and O–H groups in total. The number of hydrogen-bond acceptors (Lipinski definition) is 7. The molecule has 31 heavy (non-hydrogen) atoms. The Labute approximate surface area is 181 Å². The average molecular weight is 445 g/mol. The predicted octanol–water partition coefficient (Wildman–Crippen LogP) is 2.31. The zero-order valence-corrected chi connectivity index (χ0v) is 17.0. The molecule has 0 aliphatic carbocycles. The first kappa shape index (κ1) is 20.2. The van der Waals surface area contributed by atoms with Gasteiger partial charge in [0.1, 0.15) is 24.1 Å². The van der Waals surface area contributed by atoms with E-state index in [1.807, 2.05) is 6.07 Å². The van der Waals surface area contributed by atoms with Crippen molar-refractivity contribution in [2.24, 2.45) is 0 Å². The molecule has 4 heterocycles. The number of fused-ring (bicyclic) bond motifs is 2. The van der Waals surface area contributed by atoms with Crippen LogP contribution in [0.15, 0.2) is 24.3 Å². The number of rotatable bonds is 5. The van der Waals surface area contributed by atoms with Gasteiger partial charge in [-0.1, -0.05) is 17.7 Å². The molecule has 4 atom stereocenters. The van der Waals surface area contributed by atoms with Crippen LogP contribution in [0.4, 0.5) is 4.39 Å². The smallest absolute Gasteiger partial charge is 0.296 e. The third kappa shape index (κ3) is 3.83. The van der Waals surface area contributed by atoms with Gasteiger partial charge >= 0.3 is 0 Å². The Balaban J connectivity index is 1.31. The van der Waals surface area contributed by atoms with Crippen molar-refractivity contribution in [2.45, 2.75) is 37.3 Å². The van der Waals surface area contributed by atoms with E-state index in [4.69, 9.17) is 31.1 Å². The van der Waals surface area contributed by atoms with E-state index in [9.17, 15) is 9.50 Å². The molecule has 0 unspecified atom stereocenters. The number of ether oxygens (including phenoxy) is 3. The Morgan fingerprint density at radius 2 is 2.06 bits per heavy atom. The van der Waals surface area contributed by atoms with Crippen molar-refractivity contribution in [2.75, 3.05) is 13.2 Å². The van der Waals surface area contributed by atoms with Crippen LogP contribution in [0.1, 0.15) is 16.8 Å². The van der Waals surface area contributed by atoms with Crippen LogP contribution in [0.25, 0.3) is 11.2 Å². The summed E-state index contributed by atoms with van der Waals surface area (Å²) in [7, 11) is 0. The summed E-state index contributed by atoms with van der Waals surface area (Å²) in [5.41, 5.74) is 2.38. The largest absolute Gasteiger partial charge is 0.456 e. The number of aliphatic hydroxyl groups is 1. The summed E-state index contributed by atoms with van der Waals surface area (Å²) in [6.07, 6.45) is -0.998. The number of hydrogen-bond donors (Lipinski definition) is 2. The number of H-pyrrole nitrogens is 1. The predicted molar refractivity (Wildman–Crippen MR) is 107 cm³/mol. The molecule has 0 saturated carbocycles. The van der Waals surface area contributed by atoms with Crippen LogP contribution in [0.3, 0.4) is 0 Å². The third-order valence-electron chi connectivity index (χ3n) is 5.54. The van der Waals surface area contributed by atoms with Gasteiger partial charge in [0, 0.05) is 0 Å². The van der Waals surface area contributed by atoms with Gasteiger partial charge in [-0.25, -0.2) is 9.37 Å². The van der Waals surface area contributed by atoms with E-state index in [1.165, 1.54) is 6.07 Å². The van der Waals surface area contributed by atoms with Crippen molar-refractivity contribution < 1.29 is 23.7 Å². The monoisotopic (exact) mass is 444 g/mol. The average Bonchev–Trinajstić information content (AvgIpc) is 3.44. The quantitative estimate of drug-likeness (QED) is 0.620. The summed E-state index contributed by atoms with van der Waals surface area (Å²) in [4.78, 5) is 11.9. The van der Waals surface area contributed by atoms with Gasteiger partial charge in [0.25, 0.3) is 6.01 Å². The minimum absolute atomic E-state index is 0.218. The highest BCUT2D eigenvalue weighted by Gasteiger charge is 2.48. The summed E-state index contributed by atoms with van der Waals surface area (Å²) in [5, 5.41) is 19.1. The maximum absolute atomic E-state index is 14.1. The molecule has 2 aliphatic rings. The minimum atomic E-state index is -0.654. The number of aromatic amines is 1. The van der Waals surface area contributed by atoms with Gasteiger partial charge in [0.2, 0.25) is 0 Å². The van der Waals surface area contributed by atoms with Crippen LogP contribution in [0, 0.1) is 17.1 Å². The van der Waals surface area contributed by atoms with Gasteiger partial charge < -0.3 is 24.3 Å². The molecule has 0 spiro atoms. The molecule has 0 amide bonds. The van der Waals surface area contributed by atoms with Gasteiger partial charge in [-0.2, -0.15) is 10.2 Å². The Bertz CT molecular complexity index is 1180. The fraction of sp³-hybridized carbons (Fsp3) is 0.381. The molecule has 2 aromatic heterocycles. The molecule has 10 heteroatoms. The highest BCUT2D eigenvalue weighted by atomic mass is 35.5. The molecular formula is C21H18ClFN4O4. The first-order valence-corrected chi connectivity index (χ1v) is 10.2. The van der Waals surface area contributed by atoms with E-state index in [1.54, 1.807) is 18.2 Å². The van der Waals surface area contributed by atoms with Crippen LogP contribution in [0.2, 0.25) is 5.02 Å². The lowest BCUT2D eigenvalue weighted by Gasteiger charge is -2.15. The van der Waals surface area contributed by atoms with Gasteiger partial charge in [-0.05, 0) is 36.6 Å². The molecule has 8 nitrogen and oxygen atoms in total. The summed E-state index contributed by atoms with van der Waals surface area (Å²) in [5.74, 6) is -0.428. The van der Waals surface area contributed by atoms with Crippen molar-refractivity contribution in [3.63, 3.8) is 0 Å². The van der Waals surface area contributed by atoms with Crippen molar-refractivity contribution >= 4 is 22.8 Å². The second-order valence-electron chi connectivity index (χ2n) is 7.57. The highest BCUT2D eigenvalue weighted by Crippen LogP contribution is 2.30. The van der Waals surface area contributed by atoms with E-state index < -0.39 is 24.1 Å². The van der Waals surface area contributed by atoms with Crippen molar-refractivity contribution in [3.05, 3.63) is 51.9 Å². The molecule has 2 aliphatic heterocycles. The maximum atomic E-state index is 14.1. The van der Waals surface area contributed by atoms with Crippen LogP contribution in [-0.2, 0) is 22.3 Å². The van der Waals surface area contributed by atoms with Crippen LogP contribution in [-0.4, -0.2) is 57.7 Å². The summed E-state index contributed by atoms with van der Waals surface area (Å²) >= 11 is 6.37. The lowest BCUT2D eigenvalue weighted by Crippen LogP contribution is -2.34. The van der Waals surface area contributed by atoms with E-state index in [2.05, 4.69) is 15.0 Å². The molecule has 3 aromatic rings. The van der Waals surface area contributed by atoms with E-state index in [-0.39, 0.29) is 24.3 Å². The number of nitrogens with zero attached hydrogens (tertiary/aromatic N) is 3. The van der Waals surface area contributed by atoms with E-state index in [0.29, 0.717) is 46.9 Å². The zero-order valence-electron chi connectivity index (χ0n) is 16.2. The number of nitrogens with one attached hydrogen (secondary N) is 1. The standard InChI is InChI=1S/C21H18ClFN4O4/c22-12-6-15-20(25-14(12)4-3-11-2-1-10(7-24)5-13(11)23)27-21(26-15)31-17-9-30-18-16(28)8-29-19(17)18/h1-2,5-6,16-19,28H,3-4,8-9H2,(H,25,26,27)/t16-,17-,18-,19-/m1/s1. The highest BCUT2D eigenvalue weighted by molar-refractivity contribution is 6.31. The van der Waals surface area contributed by atoms with Crippen LogP contribution in [0.5, 0.6) is 6.01 Å². The fourth-order valence-electron chi connectivity index (χ4n) is 3.92. The van der Waals surface area contributed by atoms with Crippen LogP contribution < -0.4 is 4.74 Å². The lowest BCUT2D eigenvalue weighted by molar-refractivity contribution is 0.00706. The third-order valence-corrected chi connectivity index (χ3v) is 5.86. The SMILES string of the molecule is N#Cc1ccc(CCc2nc3nc(O[C@@H]4CO[C@H]5[C@@H]4OC[C@H]5O)[nH]c3cc2Cl)c(F)c1. The second kappa shape index (κ2) is 8.05. The number of aromatic nitrogens is 3. The molecule has 0 bridgehead atoms. The Morgan fingerprint density at radius 1 is 1.23 bits per heavy atom. The fourth-order valence-corrected chi connectivity index (χ4v) is 4.17. The molecule has 2 fully saturated rings. The molecule has 5 rings (SSSR count). The first-order valence-electron chi connectivity index (χ1n) is 9.83. The molecule has 1 aromatic carbocycles. The number of pyridine rings is 1.